The number of carbonyl (C=O) groups excluding carboxylic acids is 1. The Hall–Kier alpha value is -2.61. The van der Waals surface area contributed by atoms with E-state index in [0.717, 1.165) is 27.2 Å². The first kappa shape index (κ1) is 16.8. The van der Waals surface area contributed by atoms with E-state index in [2.05, 4.69) is 15.2 Å². The number of hydrogen-bond donors (Lipinski definition) is 0. The van der Waals surface area contributed by atoms with Crippen molar-refractivity contribution in [2.24, 2.45) is 0 Å². The highest BCUT2D eigenvalue weighted by molar-refractivity contribution is 7.15. The lowest BCUT2D eigenvalue weighted by molar-refractivity contribution is 0.0638. The Labute approximate surface area is 154 Å². The Morgan fingerprint density at radius 2 is 1.92 bits per heavy atom. The van der Waals surface area contributed by atoms with Crippen LogP contribution in [0.3, 0.4) is 0 Å². The molecule has 3 aromatic rings. The summed E-state index contributed by atoms with van der Waals surface area (Å²) in [5.41, 5.74) is 1.47. The van der Waals surface area contributed by atoms with E-state index in [-0.39, 0.29) is 17.8 Å². The van der Waals surface area contributed by atoms with Gasteiger partial charge in [-0.05, 0) is 45.0 Å². The molecule has 1 aromatic carbocycles. The highest BCUT2D eigenvalue weighted by Crippen LogP contribution is 2.32. The summed E-state index contributed by atoms with van der Waals surface area (Å²) in [6, 6.07) is 5.40. The molecule has 1 unspecified atom stereocenters. The van der Waals surface area contributed by atoms with Gasteiger partial charge in [0.1, 0.15) is 5.82 Å². The van der Waals surface area contributed by atoms with Crippen molar-refractivity contribution in [3.63, 3.8) is 0 Å². The monoisotopic (exact) mass is 371 g/mol. The van der Waals surface area contributed by atoms with Crippen LogP contribution in [0.4, 0.5) is 4.39 Å². The topological polar surface area (TPSA) is 63.9 Å². The zero-order valence-electron chi connectivity index (χ0n) is 14.7. The summed E-state index contributed by atoms with van der Waals surface area (Å²) in [5, 5.41) is 9.49. The van der Waals surface area contributed by atoms with Crippen LogP contribution in [0.15, 0.2) is 24.3 Å². The van der Waals surface area contributed by atoms with Crippen molar-refractivity contribution in [1.82, 2.24) is 24.6 Å². The molecule has 134 valence electrons. The lowest BCUT2D eigenvalue weighted by Crippen LogP contribution is -2.41. The van der Waals surface area contributed by atoms with Gasteiger partial charge in [0.15, 0.2) is 16.7 Å². The zero-order chi connectivity index (χ0) is 18.4. The Bertz CT molecular complexity index is 959. The van der Waals surface area contributed by atoms with Gasteiger partial charge in [0.25, 0.3) is 5.91 Å². The summed E-state index contributed by atoms with van der Waals surface area (Å²) in [5.74, 6) is 1.01. The van der Waals surface area contributed by atoms with Gasteiger partial charge in [-0.25, -0.2) is 9.37 Å². The van der Waals surface area contributed by atoms with Crippen molar-refractivity contribution in [2.45, 2.75) is 33.4 Å². The first-order valence-corrected chi connectivity index (χ1v) is 9.21. The molecule has 0 N–H and O–H groups in total. The normalized spacial score (nSPS) is 16.6. The Balaban J connectivity index is 1.64. The largest absolute Gasteiger partial charge is 0.327 e. The molecule has 1 amide bonds. The van der Waals surface area contributed by atoms with Crippen LogP contribution in [-0.4, -0.2) is 37.1 Å². The molecule has 3 heterocycles. The van der Waals surface area contributed by atoms with E-state index in [4.69, 9.17) is 0 Å². The number of amides is 1. The van der Waals surface area contributed by atoms with Gasteiger partial charge in [-0.2, -0.15) is 0 Å². The van der Waals surface area contributed by atoms with Gasteiger partial charge in [-0.1, -0.05) is 0 Å². The van der Waals surface area contributed by atoms with Gasteiger partial charge in [0.2, 0.25) is 0 Å². The minimum Gasteiger partial charge on any atom is -0.327 e. The molecule has 8 heteroatoms. The van der Waals surface area contributed by atoms with E-state index in [1.165, 1.54) is 24.3 Å². The number of benzene rings is 1. The standard InChI is InChI=1S/C18H18FN5OS/c1-10-12(3)26-17(20-10)16-22-21-15-11(2)23(8-9-24(15)16)18(25)13-4-6-14(19)7-5-13/h4-7,11H,8-9H2,1-3H3. The fourth-order valence-corrected chi connectivity index (χ4v) is 4.06. The first-order chi connectivity index (χ1) is 12.5. The van der Waals surface area contributed by atoms with Crippen molar-refractivity contribution < 1.29 is 9.18 Å². The third-order valence-corrected chi connectivity index (χ3v) is 5.83. The van der Waals surface area contributed by atoms with E-state index >= 15 is 0 Å². The Kier molecular flexibility index (Phi) is 4.07. The smallest absolute Gasteiger partial charge is 0.254 e. The molecule has 1 aliphatic rings. The quantitative estimate of drug-likeness (QED) is 0.693. The highest BCUT2D eigenvalue weighted by Gasteiger charge is 2.32. The highest BCUT2D eigenvalue weighted by atomic mass is 32.1. The summed E-state index contributed by atoms with van der Waals surface area (Å²) in [7, 11) is 0. The molecule has 0 saturated heterocycles. The molecule has 1 aliphatic heterocycles. The molecule has 6 nitrogen and oxygen atoms in total. The second kappa shape index (κ2) is 6.28. The minimum absolute atomic E-state index is 0.130. The molecule has 2 aromatic heterocycles. The SMILES string of the molecule is Cc1nc(-c2nnc3n2CCN(C(=O)c2ccc(F)cc2)C3C)sc1C. The number of rotatable bonds is 2. The van der Waals surface area contributed by atoms with Crippen molar-refractivity contribution in [3.8, 4) is 10.8 Å². The summed E-state index contributed by atoms with van der Waals surface area (Å²) in [4.78, 5) is 20.3. The number of carbonyl (C=O) groups is 1. The average Bonchev–Trinajstić information content (AvgIpc) is 3.19. The Morgan fingerprint density at radius 1 is 1.19 bits per heavy atom. The number of aromatic nitrogens is 4. The summed E-state index contributed by atoms with van der Waals surface area (Å²) < 4.78 is 15.1. The van der Waals surface area contributed by atoms with E-state index < -0.39 is 0 Å². The van der Waals surface area contributed by atoms with Crippen LogP contribution in [0.25, 0.3) is 10.8 Å². The zero-order valence-corrected chi connectivity index (χ0v) is 15.5. The van der Waals surface area contributed by atoms with Crippen LogP contribution in [0.2, 0.25) is 0 Å². The summed E-state index contributed by atoms with van der Waals surface area (Å²) in [6.07, 6.45) is 0. The third kappa shape index (κ3) is 2.70. The first-order valence-electron chi connectivity index (χ1n) is 8.39. The molecule has 0 saturated carbocycles. The second-order valence-corrected chi connectivity index (χ2v) is 7.58. The summed E-state index contributed by atoms with van der Waals surface area (Å²) >= 11 is 1.60. The van der Waals surface area contributed by atoms with Crippen molar-refractivity contribution in [3.05, 3.63) is 52.0 Å². The lowest BCUT2D eigenvalue weighted by atomic mass is 10.1. The van der Waals surface area contributed by atoms with Crippen LogP contribution in [0.5, 0.6) is 0 Å². The fourth-order valence-electron chi connectivity index (χ4n) is 3.15. The van der Waals surface area contributed by atoms with Crippen LogP contribution in [0, 0.1) is 19.7 Å². The number of nitrogens with zero attached hydrogens (tertiary/aromatic N) is 5. The number of fused-ring (bicyclic) bond motifs is 1. The molecule has 0 spiro atoms. The molecule has 0 bridgehead atoms. The third-order valence-electron chi connectivity index (χ3n) is 4.76. The van der Waals surface area contributed by atoms with Gasteiger partial charge < -0.3 is 9.47 Å². The van der Waals surface area contributed by atoms with Gasteiger partial charge >= 0.3 is 0 Å². The molecule has 0 radical (unpaired) electrons. The maximum atomic E-state index is 13.1. The van der Waals surface area contributed by atoms with E-state index in [1.54, 1.807) is 16.2 Å². The average molecular weight is 371 g/mol. The van der Waals surface area contributed by atoms with Crippen molar-refractivity contribution >= 4 is 17.2 Å². The van der Waals surface area contributed by atoms with Gasteiger partial charge in [-0.3, -0.25) is 4.79 Å². The molecule has 1 atom stereocenters. The maximum absolute atomic E-state index is 13.1. The number of halogens is 1. The maximum Gasteiger partial charge on any atom is 0.254 e. The van der Waals surface area contributed by atoms with Crippen LogP contribution in [-0.2, 0) is 6.54 Å². The Morgan fingerprint density at radius 3 is 2.58 bits per heavy atom. The molecule has 0 fully saturated rings. The van der Waals surface area contributed by atoms with E-state index in [0.29, 0.717) is 18.7 Å². The molecule has 4 rings (SSSR count). The second-order valence-electron chi connectivity index (χ2n) is 6.38. The van der Waals surface area contributed by atoms with E-state index in [1.807, 2.05) is 25.3 Å². The van der Waals surface area contributed by atoms with Gasteiger partial charge in [0.05, 0.1) is 11.7 Å². The van der Waals surface area contributed by atoms with Crippen molar-refractivity contribution in [1.29, 1.82) is 0 Å². The number of hydrogen-bond acceptors (Lipinski definition) is 5. The van der Waals surface area contributed by atoms with Crippen LogP contribution >= 0.6 is 11.3 Å². The predicted octanol–water partition coefficient (Wildman–Crippen LogP) is 3.37. The predicted molar refractivity (Wildman–Crippen MR) is 96.5 cm³/mol. The minimum atomic E-state index is -0.355. The van der Waals surface area contributed by atoms with Gasteiger partial charge in [0, 0.05) is 23.5 Å². The van der Waals surface area contributed by atoms with Crippen molar-refractivity contribution in [2.75, 3.05) is 6.54 Å². The van der Waals surface area contributed by atoms with Crippen LogP contribution < -0.4 is 0 Å². The van der Waals surface area contributed by atoms with Gasteiger partial charge in [-0.15, -0.1) is 21.5 Å². The number of aryl methyl sites for hydroxylation is 2. The van der Waals surface area contributed by atoms with E-state index in [9.17, 15) is 9.18 Å². The molecular formula is C18H18FN5OS. The fraction of sp³-hybridized carbons (Fsp3) is 0.333. The summed E-state index contributed by atoms with van der Waals surface area (Å²) in [6.45, 7) is 7.10. The molecule has 26 heavy (non-hydrogen) atoms. The van der Waals surface area contributed by atoms with Crippen LogP contribution in [0.1, 0.15) is 39.7 Å². The molecule has 0 aliphatic carbocycles. The molecular weight excluding hydrogens is 353 g/mol. The number of thiazole rings is 1. The lowest BCUT2D eigenvalue weighted by Gasteiger charge is -2.33.